The Morgan fingerprint density at radius 3 is 2.17 bits per heavy atom. The third kappa shape index (κ3) is 3.14. The van der Waals surface area contributed by atoms with Crippen molar-refractivity contribution in [2.24, 2.45) is 0 Å². The van der Waals surface area contributed by atoms with Crippen LogP contribution in [-0.2, 0) is 0 Å². The van der Waals surface area contributed by atoms with Gasteiger partial charge in [-0.2, -0.15) is 4.39 Å². The summed E-state index contributed by atoms with van der Waals surface area (Å²) in [5.41, 5.74) is -1.27. The molecule has 60 valence electrons. The van der Waals surface area contributed by atoms with Gasteiger partial charge in [0.2, 0.25) is 0 Å². The molecule has 0 aliphatic heterocycles. The van der Waals surface area contributed by atoms with E-state index in [1.165, 1.54) is 0 Å². The van der Waals surface area contributed by atoms with Crippen LogP contribution in [0.4, 0.5) is 17.3 Å². The zero-order valence-corrected chi connectivity index (χ0v) is 9.39. The largest absolute Gasteiger partial charge is 1.00 e. The molecule has 0 amide bonds. The molecule has 0 unspecified atom stereocenters. The first kappa shape index (κ1) is 12.6. The van der Waals surface area contributed by atoms with Gasteiger partial charge in [-0.3, -0.25) is 0 Å². The quantitative estimate of drug-likeness (QED) is 0.300. The summed E-state index contributed by atoms with van der Waals surface area (Å²) in [5, 5.41) is 0. The van der Waals surface area contributed by atoms with Crippen molar-refractivity contribution in [1.82, 2.24) is 4.98 Å². The van der Waals surface area contributed by atoms with E-state index < -0.39 is 18.4 Å². The molecule has 1 nitrogen and oxygen atoms in total. The van der Waals surface area contributed by atoms with Crippen LogP contribution < -0.4 is 56.8 Å². The second-order valence-corrected chi connectivity index (χ2v) is 1.96. The molecule has 0 fully saturated rings. The summed E-state index contributed by atoms with van der Waals surface area (Å²) in [4.78, 5) is 2.87. The van der Waals surface area contributed by atoms with Crippen LogP contribution in [0, 0.1) is 5.95 Å². The molecule has 1 aromatic rings. The van der Waals surface area contributed by atoms with Gasteiger partial charge in [0.1, 0.15) is 0 Å². The van der Waals surface area contributed by atoms with Crippen molar-refractivity contribution in [3.8, 4) is 0 Å². The summed E-state index contributed by atoms with van der Waals surface area (Å²) in [6.45, 7) is -5.27. The van der Waals surface area contributed by atoms with Gasteiger partial charge in [0, 0.05) is 6.20 Å². The molecule has 0 bridgehead atoms. The van der Waals surface area contributed by atoms with Gasteiger partial charge in [-0.1, -0.05) is 11.5 Å². The minimum Gasteiger partial charge on any atom is -0.445 e. The van der Waals surface area contributed by atoms with Gasteiger partial charge < -0.3 is 12.9 Å². The topological polar surface area (TPSA) is 12.9 Å². The van der Waals surface area contributed by atoms with E-state index in [-0.39, 0.29) is 51.4 Å². The number of nitrogens with zero attached hydrogens (tertiary/aromatic N) is 1. The summed E-state index contributed by atoms with van der Waals surface area (Å²) in [7, 11) is 0. The molecule has 0 spiro atoms. The predicted molar refractivity (Wildman–Crippen MR) is 32.9 cm³/mol. The molecule has 0 saturated heterocycles. The van der Waals surface area contributed by atoms with E-state index in [0.29, 0.717) is 6.07 Å². The second-order valence-electron chi connectivity index (χ2n) is 1.96. The molecule has 0 aliphatic rings. The first-order valence-corrected chi connectivity index (χ1v) is 2.82. The molecule has 7 heteroatoms. The van der Waals surface area contributed by atoms with E-state index in [9.17, 15) is 17.3 Å². The van der Waals surface area contributed by atoms with Gasteiger partial charge in [-0.05, 0) is 6.07 Å². The maximum Gasteiger partial charge on any atom is 1.00 e. The van der Waals surface area contributed by atoms with Crippen LogP contribution in [0.5, 0.6) is 0 Å². The SMILES string of the molecule is Fc1ncccc1[B-](F)(F)F.[K+]. The third-order valence-corrected chi connectivity index (χ3v) is 1.14. The average molecular weight is 203 g/mol. The van der Waals surface area contributed by atoms with Crippen LogP contribution >= 0.6 is 0 Å². The summed E-state index contributed by atoms with van der Waals surface area (Å²) >= 11 is 0. The fraction of sp³-hybridized carbons (Fsp3) is 0. The minimum absolute atomic E-state index is 0. The average Bonchev–Trinajstić information content (AvgIpc) is 1.86. The fourth-order valence-electron chi connectivity index (χ4n) is 0.643. The Morgan fingerprint density at radius 1 is 1.25 bits per heavy atom. The Hall–Kier alpha value is 0.571. The molecule has 1 rings (SSSR count). The Bertz CT molecular complexity index is 264. The van der Waals surface area contributed by atoms with Crippen LogP contribution in [0.3, 0.4) is 0 Å². The van der Waals surface area contributed by atoms with Gasteiger partial charge >= 0.3 is 58.4 Å². The number of hydrogen-bond acceptors (Lipinski definition) is 1. The van der Waals surface area contributed by atoms with Crippen LogP contribution in [-0.4, -0.2) is 12.0 Å². The molecule has 0 aliphatic carbocycles. The molecule has 1 aromatic heterocycles. The van der Waals surface area contributed by atoms with E-state index in [1.807, 2.05) is 0 Å². The number of halogens is 4. The van der Waals surface area contributed by atoms with Crippen molar-refractivity contribution in [1.29, 1.82) is 0 Å². The standard InChI is InChI=1S/C5H3BF4N.K/c7-5-4(6(8,9)10)2-1-3-11-5;/h1-3H;/q-1;+1. The Kier molecular flexibility index (Phi) is 4.93. The van der Waals surface area contributed by atoms with Crippen molar-refractivity contribution in [2.75, 3.05) is 0 Å². The van der Waals surface area contributed by atoms with Crippen LogP contribution in [0.2, 0.25) is 0 Å². The summed E-state index contributed by atoms with van der Waals surface area (Å²) < 4.78 is 47.8. The minimum atomic E-state index is -5.27. The first-order valence-electron chi connectivity index (χ1n) is 2.82. The van der Waals surface area contributed by atoms with Crippen molar-refractivity contribution in [2.45, 2.75) is 0 Å². The Morgan fingerprint density at radius 2 is 1.83 bits per heavy atom. The molecule has 12 heavy (non-hydrogen) atoms. The molecule has 0 aromatic carbocycles. The third-order valence-electron chi connectivity index (χ3n) is 1.14. The van der Waals surface area contributed by atoms with Gasteiger partial charge in [-0.15, -0.1) is 0 Å². The van der Waals surface area contributed by atoms with Crippen molar-refractivity contribution < 1.29 is 68.7 Å². The molecular formula is C5H3BF4KN. The van der Waals surface area contributed by atoms with Gasteiger partial charge in [0.25, 0.3) is 0 Å². The molecule has 0 atom stereocenters. The summed E-state index contributed by atoms with van der Waals surface area (Å²) in [5.74, 6) is -1.46. The Balaban J connectivity index is 0.00000121. The van der Waals surface area contributed by atoms with Gasteiger partial charge in [0.15, 0.2) is 5.95 Å². The van der Waals surface area contributed by atoms with E-state index in [2.05, 4.69) is 4.98 Å². The zero-order chi connectivity index (χ0) is 8.48. The summed E-state index contributed by atoms with van der Waals surface area (Å²) in [6, 6.07) is 1.72. The molecular weight excluding hydrogens is 200 g/mol. The van der Waals surface area contributed by atoms with E-state index in [1.54, 1.807) is 0 Å². The van der Waals surface area contributed by atoms with Gasteiger partial charge in [-0.25, -0.2) is 4.98 Å². The van der Waals surface area contributed by atoms with Crippen LogP contribution in [0.15, 0.2) is 18.3 Å². The maximum atomic E-state index is 12.3. The van der Waals surface area contributed by atoms with E-state index >= 15 is 0 Å². The van der Waals surface area contributed by atoms with Gasteiger partial charge in [0.05, 0.1) is 0 Å². The smallest absolute Gasteiger partial charge is 0.445 e. The molecule has 0 radical (unpaired) electrons. The van der Waals surface area contributed by atoms with Crippen LogP contribution in [0.25, 0.3) is 0 Å². The maximum absolute atomic E-state index is 12.3. The number of aromatic nitrogens is 1. The number of hydrogen-bond donors (Lipinski definition) is 0. The first-order chi connectivity index (χ1) is 5.02. The summed E-state index contributed by atoms with van der Waals surface area (Å²) in [6.07, 6.45) is 0.973. The van der Waals surface area contributed by atoms with Crippen molar-refractivity contribution >= 4 is 12.4 Å². The fourth-order valence-corrected chi connectivity index (χ4v) is 0.643. The van der Waals surface area contributed by atoms with E-state index in [4.69, 9.17) is 0 Å². The van der Waals surface area contributed by atoms with Crippen molar-refractivity contribution in [3.05, 3.63) is 24.3 Å². The predicted octanol–water partition coefficient (Wildman–Crippen LogP) is -1.72. The number of rotatable bonds is 1. The zero-order valence-electron chi connectivity index (χ0n) is 6.27. The molecule has 0 N–H and O–H groups in total. The normalized spacial score (nSPS) is 10.7. The molecule has 1 heterocycles. The van der Waals surface area contributed by atoms with Crippen molar-refractivity contribution in [3.63, 3.8) is 0 Å². The monoisotopic (exact) mass is 203 g/mol. The molecule has 0 saturated carbocycles. The second kappa shape index (κ2) is 4.71. The van der Waals surface area contributed by atoms with E-state index in [0.717, 1.165) is 12.3 Å². The van der Waals surface area contributed by atoms with Crippen LogP contribution in [0.1, 0.15) is 0 Å². The number of pyridine rings is 1. The Labute approximate surface area is 109 Å².